The summed E-state index contributed by atoms with van der Waals surface area (Å²) in [5.41, 5.74) is 1.92. The van der Waals surface area contributed by atoms with Crippen molar-refractivity contribution in [2.24, 2.45) is 0 Å². The van der Waals surface area contributed by atoms with Crippen LogP contribution in [-0.2, 0) is 0 Å². The zero-order valence-electron chi connectivity index (χ0n) is 40.3. The van der Waals surface area contributed by atoms with E-state index in [9.17, 15) is 2.74 Å². The Hall–Kier alpha value is -6.18. The largest absolute Gasteiger partial charge is 0.455 e. The van der Waals surface area contributed by atoms with E-state index in [1.54, 1.807) is 30.3 Å². The summed E-state index contributed by atoms with van der Waals surface area (Å²) in [4.78, 5) is 0. The fourth-order valence-electron chi connectivity index (χ4n) is 6.72. The molecule has 10 aromatic rings. The van der Waals surface area contributed by atoms with Crippen LogP contribution in [0.25, 0.3) is 98.4 Å². The Morgan fingerprint density at radius 1 is 0.404 bits per heavy atom. The Morgan fingerprint density at radius 2 is 1.00 bits per heavy atom. The molecule has 0 aliphatic carbocycles. The first-order chi connectivity index (χ1) is 30.0. The second-order valence-electron chi connectivity index (χ2n) is 11.2. The van der Waals surface area contributed by atoms with E-state index in [-0.39, 0.29) is 66.7 Å². The smallest absolute Gasteiger partial charge is 0.143 e. The lowest BCUT2D eigenvalue weighted by Gasteiger charge is -2.19. The first kappa shape index (κ1) is 14.9. The van der Waals surface area contributed by atoms with E-state index in [1.165, 1.54) is 0 Å². The van der Waals surface area contributed by atoms with Gasteiger partial charge in [0.1, 0.15) is 11.2 Å². The first-order valence-corrected chi connectivity index (χ1v) is 14.9. The van der Waals surface area contributed by atoms with Crippen molar-refractivity contribution in [3.63, 3.8) is 0 Å². The number of rotatable bonds is 3. The third-order valence-corrected chi connectivity index (χ3v) is 8.68. The van der Waals surface area contributed by atoms with E-state index in [1.807, 2.05) is 42.5 Å². The van der Waals surface area contributed by atoms with Crippen LogP contribution in [0, 0.1) is 0 Å². The maximum atomic E-state index is 9.49. The Kier molecular flexibility index (Phi) is 3.23. The average Bonchev–Trinajstić information content (AvgIpc) is 3.68. The lowest BCUT2D eigenvalue weighted by molar-refractivity contribution is 0.673. The highest BCUT2D eigenvalue weighted by Crippen LogP contribution is 2.48. The highest BCUT2D eigenvalue weighted by Gasteiger charge is 2.21. The fraction of sp³-hybridized carbons (Fsp3) is 0. The van der Waals surface area contributed by atoms with Crippen molar-refractivity contribution in [3.05, 3.63) is 169 Å². The summed E-state index contributed by atoms with van der Waals surface area (Å²) in [5, 5.41) is 1.87. The van der Waals surface area contributed by atoms with Crippen LogP contribution in [0.3, 0.4) is 0 Å². The van der Waals surface area contributed by atoms with Gasteiger partial charge in [-0.15, -0.1) is 0 Å². The minimum Gasteiger partial charge on any atom is -0.455 e. The zero-order chi connectivity index (χ0) is 44.8. The lowest BCUT2D eigenvalue weighted by atomic mass is 9.84. The Morgan fingerprint density at radius 3 is 1.77 bits per heavy atom. The van der Waals surface area contributed by atoms with Crippen LogP contribution < -0.4 is 0 Å². The minimum atomic E-state index is -0.587. The number of benzene rings is 9. The van der Waals surface area contributed by atoms with E-state index in [4.69, 9.17) is 23.6 Å². The van der Waals surface area contributed by atoms with Gasteiger partial charge in [-0.05, 0) is 89.2 Å². The molecule has 0 amide bonds. The van der Waals surface area contributed by atoms with E-state index < -0.39 is 84.6 Å². The van der Waals surface area contributed by atoms with Crippen LogP contribution in [0.5, 0.6) is 0 Å². The Labute approximate surface area is 294 Å². The average molecular weight is 613 g/mol. The molecular formula is C46H28O. The van der Waals surface area contributed by atoms with E-state index in [0.717, 1.165) is 0 Å². The van der Waals surface area contributed by atoms with Crippen molar-refractivity contribution in [1.29, 1.82) is 0 Å². The number of fused-ring (bicyclic) bond motifs is 8. The molecule has 47 heavy (non-hydrogen) atoms. The van der Waals surface area contributed by atoms with Gasteiger partial charge in [0, 0.05) is 16.2 Å². The molecule has 1 heterocycles. The summed E-state index contributed by atoms with van der Waals surface area (Å²) in [7, 11) is 0. The second kappa shape index (κ2) is 10.2. The zero-order valence-corrected chi connectivity index (χ0v) is 24.3. The molecule has 0 bridgehead atoms. The van der Waals surface area contributed by atoms with E-state index >= 15 is 0 Å². The molecule has 0 fully saturated rings. The van der Waals surface area contributed by atoms with Crippen molar-refractivity contribution < 1.29 is 26.3 Å². The molecule has 9 aromatic carbocycles. The van der Waals surface area contributed by atoms with Gasteiger partial charge in [-0.3, -0.25) is 0 Å². The number of hydrogen-bond donors (Lipinski definition) is 0. The molecule has 0 saturated carbocycles. The molecule has 1 aromatic heterocycles. The van der Waals surface area contributed by atoms with Crippen LogP contribution in [0.4, 0.5) is 0 Å². The third-order valence-electron chi connectivity index (χ3n) is 8.68. The first-order valence-electron chi connectivity index (χ1n) is 22.9. The molecule has 10 rings (SSSR count). The lowest BCUT2D eigenvalue weighted by Crippen LogP contribution is -1.91. The van der Waals surface area contributed by atoms with Crippen LogP contribution in [0.2, 0.25) is 0 Å². The fourth-order valence-corrected chi connectivity index (χ4v) is 6.72. The van der Waals surface area contributed by atoms with Crippen molar-refractivity contribution >= 4 is 65.0 Å². The highest BCUT2D eigenvalue weighted by atomic mass is 16.3. The monoisotopic (exact) mass is 612 g/mol. The van der Waals surface area contributed by atoms with Crippen LogP contribution in [0.1, 0.15) is 21.9 Å². The van der Waals surface area contributed by atoms with Crippen LogP contribution in [0.15, 0.2) is 174 Å². The summed E-state index contributed by atoms with van der Waals surface area (Å²) in [6, 6.07) is 13.8. The molecule has 218 valence electrons. The maximum absolute atomic E-state index is 9.49. The topological polar surface area (TPSA) is 13.1 Å². The molecule has 0 saturated heterocycles. The van der Waals surface area contributed by atoms with Gasteiger partial charge in [-0.1, -0.05) is 151 Å². The van der Waals surface area contributed by atoms with Gasteiger partial charge in [0.25, 0.3) is 0 Å². The normalized spacial score (nSPS) is 16.6. The van der Waals surface area contributed by atoms with Gasteiger partial charge in [0.05, 0.1) is 21.9 Å². The summed E-state index contributed by atoms with van der Waals surface area (Å²) in [5.74, 6) is 0. The third kappa shape index (κ3) is 3.90. The van der Waals surface area contributed by atoms with Gasteiger partial charge in [0.15, 0.2) is 0 Å². The predicted octanol–water partition coefficient (Wildman–Crippen LogP) is 13.2. The quantitative estimate of drug-likeness (QED) is 0.181. The molecular weight excluding hydrogens is 569 g/mol. The van der Waals surface area contributed by atoms with E-state index in [2.05, 4.69) is 0 Å². The molecule has 0 N–H and O–H groups in total. The summed E-state index contributed by atoms with van der Waals surface area (Å²) >= 11 is 0. The van der Waals surface area contributed by atoms with Crippen molar-refractivity contribution in [1.82, 2.24) is 0 Å². The molecule has 0 spiro atoms. The van der Waals surface area contributed by atoms with Gasteiger partial charge in [-0.25, -0.2) is 0 Å². The SMILES string of the molecule is [2H]c1c([2H])c(-c2c3ccccc3c(-c3cccc(-c4c([2H])c([2H])c([2H])c5c([2H])c([2H])c([2H])c([2H])c45)c3)c3ccccc23)c2c(oc3c4c([2H])c([2H])c([2H])c([2H])c4c([2H])c([2H])c32)c1[2H]. The van der Waals surface area contributed by atoms with Gasteiger partial charge >= 0.3 is 0 Å². The predicted molar refractivity (Wildman–Crippen MR) is 200 cm³/mol. The number of furan rings is 1. The summed E-state index contributed by atoms with van der Waals surface area (Å²) < 4.78 is 147. The number of hydrogen-bond acceptors (Lipinski definition) is 1. The van der Waals surface area contributed by atoms with Crippen molar-refractivity contribution in [3.8, 4) is 33.4 Å². The summed E-state index contributed by atoms with van der Waals surface area (Å²) in [6.07, 6.45) is 0. The van der Waals surface area contributed by atoms with Gasteiger partial charge < -0.3 is 4.42 Å². The van der Waals surface area contributed by atoms with Crippen LogP contribution in [-0.4, -0.2) is 0 Å². The molecule has 0 radical (unpaired) electrons. The molecule has 0 unspecified atom stereocenters. The van der Waals surface area contributed by atoms with Crippen molar-refractivity contribution in [2.45, 2.75) is 0 Å². The molecule has 0 aliphatic rings. The Bertz CT molecular complexity index is 3700. The molecule has 0 atom stereocenters. The summed E-state index contributed by atoms with van der Waals surface area (Å²) in [6.45, 7) is 0. The van der Waals surface area contributed by atoms with E-state index in [0.29, 0.717) is 43.8 Å². The Balaban J connectivity index is 1.34. The second-order valence-corrected chi connectivity index (χ2v) is 11.2. The standard InChI is InChI=1S/C46H28O/c1-3-17-33-29(12-1)14-10-23-34(33)31-15-9-16-32(28-31)43-36-19-5-7-21-38(36)44(39-22-8-6-20-37(39)43)40-24-11-25-42-45(40)41-27-26-30-13-2-4-18-35(30)46(41)47-42/h1-28H/i1D,2D,3D,4D,10D,11D,12D,13D,14D,17D,18D,23D,24D,25D,26D,27D. The molecule has 1 nitrogen and oxygen atoms in total. The van der Waals surface area contributed by atoms with Crippen LogP contribution >= 0.6 is 0 Å². The highest BCUT2D eigenvalue weighted by molar-refractivity contribution is 6.27. The van der Waals surface area contributed by atoms with Gasteiger partial charge in [0.2, 0.25) is 0 Å². The molecule has 0 aliphatic heterocycles. The minimum absolute atomic E-state index is 0.0432. The van der Waals surface area contributed by atoms with Gasteiger partial charge in [-0.2, -0.15) is 0 Å². The molecule has 1 heteroatoms. The maximum Gasteiger partial charge on any atom is 0.143 e. The van der Waals surface area contributed by atoms with Crippen molar-refractivity contribution in [2.75, 3.05) is 0 Å².